The first-order valence-electron chi connectivity index (χ1n) is 5.07. The van der Waals surface area contributed by atoms with Gasteiger partial charge in [-0.1, -0.05) is 12.1 Å². The van der Waals surface area contributed by atoms with Crippen LogP contribution in [0.1, 0.15) is 12.5 Å². The molecule has 3 nitrogen and oxygen atoms in total. The van der Waals surface area contributed by atoms with Crippen LogP contribution in [-0.4, -0.2) is 22.6 Å². The molecule has 88 valence electrons. The first kappa shape index (κ1) is 13.3. The van der Waals surface area contributed by atoms with Crippen molar-refractivity contribution in [3.63, 3.8) is 0 Å². The Morgan fingerprint density at radius 3 is 2.81 bits per heavy atom. The van der Waals surface area contributed by atoms with Crippen LogP contribution in [0.15, 0.2) is 30.6 Å². The zero-order valence-electron chi connectivity index (χ0n) is 8.80. The van der Waals surface area contributed by atoms with Gasteiger partial charge in [-0.25, -0.2) is 4.98 Å². The summed E-state index contributed by atoms with van der Waals surface area (Å²) in [5.41, 5.74) is 2.35. The van der Waals surface area contributed by atoms with E-state index in [1.807, 2.05) is 12.4 Å². The Labute approximate surface area is 107 Å². The van der Waals surface area contributed by atoms with Gasteiger partial charge in [0.25, 0.3) is 0 Å². The first-order valence-corrected chi connectivity index (χ1v) is 5.07. The van der Waals surface area contributed by atoms with E-state index in [2.05, 4.69) is 33.1 Å². The maximum absolute atomic E-state index is 4.40. The van der Waals surface area contributed by atoms with E-state index in [4.69, 9.17) is 0 Å². The highest BCUT2D eigenvalue weighted by Gasteiger charge is 2.17. The van der Waals surface area contributed by atoms with Crippen LogP contribution in [0.3, 0.4) is 0 Å². The molecule has 1 aromatic heterocycles. The first-order chi connectivity index (χ1) is 6.95. The van der Waals surface area contributed by atoms with Gasteiger partial charge in [-0.15, -0.1) is 24.8 Å². The van der Waals surface area contributed by atoms with Crippen LogP contribution < -0.4 is 5.32 Å². The van der Waals surface area contributed by atoms with E-state index in [9.17, 15) is 0 Å². The van der Waals surface area contributed by atoms with Gasteiger partial charge in [0.15, 0.2) is 0 Å². The number of imidazole rings is 1. The van der Waals surface area contributed by atoms with Crippen molar-refractivity contribution in [2.45, 2.75) is 12.5 Å². The Bertz CT molecular complexity index is 449. The number of fused-ring (bicyclic) bond motifs is 1. The largest absolute Gasteiger partial charge is 0.326 e. The van der Waals surface area contributed by atoms with Crippen LogP contribution in [-0.2, 0) is 0 Å². The zero-order valence-corrected chi connectivity index (χ0v) is 10.4. The zero-order chi connectivity index (χ0) is 9.38. The highest BCUT2D eigenvalue weighted by Crippen LogP contribution is 2.21. The lowest BCUT2D eigenvalue weighted by Gasteiger charge is -2.10. The Kier molecular flexibility index (Phi) is 4.59. The summed E-state index contributed by atoms with van der Waals surface area (Å²) in [6.07, 6.45) is 3.17. The van der Waals surface area contributed by atoms with Gasteiger partial charge in [-0.3, -0.25) is 0 Å². The molecule has 0 amide bonds. The van der Waals surface area contributed by atoms with Crippen molar-refractivity contribution in [3.8, 4) is 0 Å². The van der Waals surface area contributed by atoms with Gasteiger partial charge < -0.3 is 9.88 Å². The smallest absolute Gasteiger partial charge is 0.0961 e. The topological polar surface area (TPSA) is 29.9 Å². The van der Waals surface area contributed by atoms with E-state index in [-0.39, 0.29) is 24.8 Å². The van der Waals surface area contributed by atoms with Crippen LogP contribution >= 0.6 is 24.8 Å². The summed E-state index contributed by atoms with van der Waals surface area (Å²) in [6, 6.07) is 8.90. The molecular formula is C11H15Cl2N3. The Hall–Kier alpha value is -0.770. The van der Waals surface area contributed by atoms with Crippen molar-refractivity contribution in [3.05, 3.63) is 30.6 Å². The lowest BCUT2D eigenvalue weighted by molar-refractivity contribution is 0.561. The quantitative estimate of drug-likeness (QED) is 0.853. The molecule has 0 aliphatic carbocycles. The van der Waals surface area contributed by atoms with Crippen molar-refractivity contribution in [1.82, 2.24) is 14.9 Å². The molecule has 1 aliphatic rings. The van der Waals surface area contributed by atoms with Gasteiger partial charge in [0.2, 0.25) is 0 Å². The molecule has 2 aromatic rings. The second-order valence-corrected chi connectivity index (χ2v) is 3.79. The summed E-state index contributed by atoms with van der Waals surface area (Å²) < 4.78 is 2.29. The molecule has 3 rings (SSSR count). The summed E-state index contributed by atoms with van der Waals surface area (Å²) in [5.74, 6) is 0. The van der Waals surface area contributed by atoms with Crippen LogP contribution in [0.4, 0.5) is 0 Å². The third-order valence-corrected chi connectivity index (χ3v) is 2.91. The molecule has 0 radical (unpaired) electrons. The molecule has 0 spiro atoms. The van der Waals surface area contributed by atoms with Gasteiger partial charge in [0, 0.05) is 12.6 Å². The predicted octanol–water partition coefficient (Wildman–Crippen LogP) is 2.41. The number of para-hydroxylation sites is 2. The van der Waals surface area contributed by atoms with Gasteiger partial charge in [-0.05, 0) is 25.1 Å². The standard InChI is InChI=1S/C11H13N3.2ClH/c1-2-4-11-10(3-1)13-8-14(11)9-5-6-12-7-9;;/h1-4,8-9,12H,5-7H2;2*1H/t9-;;/m0../s1. The molecule has 1 N–H and O–H groups in total. The third-order valence-electron chi connectivity index (χ3n) is 2.91. The number of halogens is 2. The Morgan fingerprint density at radius 1 is 1.25 bits per heavy atom. The number of aromatic nitrogens is 2. The van der Waals surface area contributed by atoms with E-state index in [1.54, 1.807) is 0 Å². The lowest BCUT2D eigenvalue weighted by Crippen LogP contribution is -2.12. The Morgan fingerprint density at radius 2 is 2.06 bits per heavy atom. The molecule has 1 atom stereocenters. The number of benzene rings is 1. The van der Waals surface area contributed by atoms with Gasteiger partial charge in [0.1, 0.15) is 0 Å². The number of hydrogen-bond donors (Lipinski definition) is 1. The molecule has 5 heteroatoms. The van der Waals surface area contributed by atoms with Gasteiger partial charge in [-0.2, -0.15) is 0 Å². The van der Waals surface area contributed by atoms with Crippen molar-refractivity contribution >= 4 is 35.8 Å². The minimum Gasteiger partial charge on any atom is -0.326 e. The van der Waals surface area contributed by atoms with E-state index in [1.165, 1.54) is 11.9 Å². The molecule has 0 bridgehead atoms. The minimum absolute atomic E-state index is 0. The van der Waals surface area contributed by atoms with Crippen LogP contribution in [0.5, 0.6) is 0 Å². The number of nitrogens with zero attached hydrogens (tertiary/aromatic N) is 2. The van der Waals surface area contributed by atoms with Crippen molar-refractivity contribution in [2.24, 2.45) is 0 Å². The number of rotatable bonds is 1. The average molecular weight is 260 g/mol. The van der Waals surface area contributed by atoms with Gasteiger partial charge >= 0.3 is 0 Å². The highest BCUT2D eigenvalue weighted by atomic mass is 35.5. The molecule has 2 heterocycles. The van der Waals surface area contributed by atoms with Crippen molar-refractivity contribution < 1.29 is 0 Å². The summed E-state index contributed by atoms with van der Waals surface area (Å²) in [5, 5.41) is 3.38. The molecule has 0 unspecified atom stereocenters. The molecule has 1 aliphatic heterocycles. The Balaban J connectivity index is 0.000000640. The fourth-order valence-electron chi connectivity index (χ4n) is 2.15. The fraction of sp³-hybridized carbons (Fsp3) is 0.364. The maximum Gasteiger partial charge on any atom is 0.0961 e. The summed E-state index contributed by atoms with van der Waals surface area (Å²) in [4.78, 5) is 4.40. The monoisotopic (exact) mass is 259 g/mol. The van der Waals surface area contributed by atoms with E-state index >= 15 is 0 Å². The van der Waals surface area contributed by atoms with Crippen LogP contribution in [0.25, 0.3) is 11.0 Å². The normalized spacial score (nSPS) is 19.1. The molecule has 1 aromatic carbocycles. The highest BCUT2D eigenvalue weighted by molar-refractivity contribution is 5.85. The second-order valence-electron chi connectivity index (χ2n) is 3.79. The summed E-state index contributed by atoms with van der Waals surface area (Å²) in [7, 11) is 0. The molecule has 16 heavy (non-hydrogen) atoms. The molecular weight excluding hydrogens is 245 g/mol. The fourth-order valence-corrected chi connectivity index (χ4v) is 2.15. The molecule has 1 saturated heterocycles. The van der Waals surface area contributed by atoms with Crippen molar-refractivity contribution in [2.75, 3.05) is 13.1 Å². The van der Waals surface area contributed by atoms with E-state index in [0.717, 1.165) is 18.6 Å². The lowest BCUT2D eigenvalue weighted by atomic mass is 10.2. The summed E-state index contributed by atoms with van der Waals surface area (Å²) in [6.45, 7) is 2.19. The van der Waals surface area contributed by atoms with Gasteiger partial charge in [0.05, 0.1) is 17.4 Å². The third kappa shape index (κ3) is 2.17. The van der Waals surface area contributed by atoms with E-state index in [0.29, 0.717) is 6.04 Å². The van der Waals surface area contributed by atoms with Crippen LogP contribution in [0, 0.1) is 0 Å². The summed E-state index contributed by atoms with van der Waals surface area (Å²) >= 11 is 0. The average Bonchev–Trinajstić information content (AvgIpc) is 2.85. The molecule has 0 saturated carbocycles. The van der Waals surface area contributed by atoms with E-state index < -0.39 is 0 Å². The minimum atomic E-state index is 0. The predicted molar refractivity (Wildman–Crippen MR) is 70.8 cm³/mol. The maximum atomic E-state index is 4.40. The molecule has 1 fully saturated rings. The van der Waals surface area contributed by atoms with Crippen LogP contribution in [0.2, 0.25) is 0 Å². The SMILES string of the molecule is Cl.Cl.c1ccc2c(c1)ncn2[C@H]1CCNC1. The second kappa shape index (κ2) is 5.53. The number of hydrogen-bond acceptors (Lipinski definition) is 2. The van der Waals surface area contributed by atoms with Crippen molar-refractivity contribution in [1.29, 1.82) is 0 Å². The number of nitrogens with one attached hydrogen (secondary N) is 1.